The van der Waals surface area contributed by atoms with Gasteiger partial charge in [0, 0.05) is 0 Å². The first kappa shape index (κ1) is 14.5. The monoisotopic (exact) mass is 238 g/mol. The smallest absolute Gasteiger partial charge is 0.358 e. The molecule has 15 heavy (non-hydrogen) atoms. The van der Waals surface area contributed by atoms with Gasteiger partial charge in [-0.25, -0.2) is 0 Å². The van der Waals surface area contributed by atoms with Gasteiger partial charge >= 0.3 is 12.4 Å². The fraction of sp³-hybridized carbons (Fsp3) is 1.00. The van der Waals surface area contributed by atoms with Crippen molar-refractivity contribution in [2.45, 2.75) is 51.2 Å². The molecule has 0 rings (SSSR count). The van der Waals surface area contributed by atoms with Crippen LogP contribution in [-0.2, 0) is 4.74 Å². The van der Waals surface area contributed by atoms with Crippen LogP contribution in [0, 0.1) is 0 Å². The molecule has 0 aliphatic carbocycles. The number of ether oxygens (including phenoxy) is 1. The molecule has 0 saturated heterocycles. The molecular weight excluding hydrogens is 226 g/mol. The molecule has 1 nitrogen and oxygen atoms in total. The summed E-state index contributed by atoms with van der Waals surface area (Å²) >= 11 is 0. The average molecular weight is 238 g/mol. The van der Waals surface area contributed by atoms with E-state index in [0.717, 1.165) is 0 Å². The van der Waals surface area contributed by atoms with Gasteiger partial charge in [0.05, 0.1) is 6.10 Å². The Morgan fingerprint density at radius 2 is 1.40 bits per heavy atom. The number of rotatable bonds is 4. The lowest BCUT2D eigenvalue weighted by atomic mass is 10.2. The molecular formula is C8H12F6O. The Balaban J connectivity index is 4.54. The molecule has 0 bridgehead atoms. The minimum atomic E-state index is -5.42. The van der Waals surface area contributed by atoms with E-state index in [9.17, 15) is 26.3 Å². The highest BCUT2D eigenvalue weighted by atomic mass is 19.4. The van der Waals surface area contributed by atoms with Crippen LogP contribution in [0.2, 0.25) is 0 Å². The standard InChI is InChI=1S/C8H12F6O/c1-3-4-5(2)15-6(7(9,10)11)8(12,13)14/h5-6H,3-4H2,1-2H3. The molecule has 0 heterocycles. The van der Waals surface area contributed by atoms with Crippen molar-refractivity contribution < 1.29 is 31.1 Å². The summed E-state index contributed by atoms with van der Waals surface area (Å²) in [4.78, 5) is 0. The SMILES string of the molecule is CCCC(C)OC(C(F)(F)F)C(F)(F)F. The van der Waals surface area contributed by atoms with Gasteiger partial charge < -0.3 is 4.74 Å². The predicted molar refractivity (Wildman–Crippen MR) is 41.4 cm³/mol. The van der Waals surface area contributed by atoms with Crippen LogP contribution in [0.25, 0.3) is 0 Å². The first-order valence-electron chi connectivity index (χ1n) is 4.38. The molecule has 0 radical (unpaired) electrons. The summed E-state index contributed by atoms with van der Waals surface area (Å²) in [6.45, 7) is 2.84. The fourth-order valence-corrected chi connectivity index (χ4v) is 1.05. The van der Waals surface area contributed by atoms with Gasteiger partial charge in [-0.1, -0.05) is 13.3 Å². The molecule has 0 N–H and O–H groups in total. The lowest BCUT2D eigenvalue weighted by Gasteiger charge is -2.26. The van der Waals surface area contributed by atoms with Crippen molar-refractivity contribution in [1.29, 1.82) is 0 Å². The molecule has 92 valence electrons. The maximum Gasteiger partial charge on any atom is 0.423 e. The van der Waals surface area contributed by atoms with E-state index < -0.39 is 24.6 Å². The molecule has 0 aliphatic rings. The van der Waals surface area contributed by atoms with Gasteiger partial charge in [-0.2, -0.15) is 26.3 Å². The molecule has 1 unspecified atom stereocenters. The molecule has 0 amide bonds. The summed E-state index contributed by atoms with van der Waals surface area (Å²) in [5.41, 5.74) is 0. The molecule has 0 aromatic rings. The largest absolute Gasteiger partial charge is 0.423 e. The molecule has 1 atom stereocenters. The molecule has 0 aromatic heterocycles. The lowest BCUT2D eigenvalue weighted by molar-refractivity contribution is -0.330. The van der Waals surface area contributed by atoms with Gasteiger partial charge in [0.15, 0.2) is 0 Å². The maximum absolute atomic E-state index is 12.0. The summed E-state index contributed by atoms with van der Waals surface area (Å²) in [5, 5.41) is 0. The third-order valence-electron chi connectivity index (χ3n) is 1.66. The van der Waals surface area contributed by atoms with Crippen molar-refractivity contribution in [3.8, 4) is 0 Å². The highest BCUT2D eigenvalue weighted by Crippen LogP contribution is 2.36. The van der Waals surface area contributed by atoms with Gasteiger partial charge in [-0.05, 0) is 13.3 Å². The second-order valence-electron chi connectivity index (χ2n) is 3.20. The van der Waals surface area contributed by atoms with Gasteiger partial charge in [0.1, 0.15) is 0 Å². The number of alkyl halides is 6. The van der Waals surface area contributed by atoms with Crippen LogP contribution in [0.1, 0.15) is 26.7 Å². The third kappa shape index (κ3) is 5.25. The predicted octanol–water partition coefficient (Wildman–Crippen LogP) is 3.68. The van der Waals surface area contributed by atoms with Crippen LogP contribution in [0.15, 0.2) is 0 Å². The second-order valence-corrected chi connectivity index (χ2v) is 3.20. The molecule has 0 spiro atoms. The zero-order valence-electron chi connectivity index (χ0n) is 8.24. The van der Waals surface area contributed by atoms with Crippen LogP contribution in [0.3, 0.4) is 0 Å². The van der Waals surface area contributed by atoms with E-state index in [0.29, 0.717) is 6.42 Å². The van der Waals surface area contributed by atoms with Crippen LogP contribution >= 0.6 is 0 Å². The van der Waals surface area contributed by atoms with E-state index in [2.05, 4.69) is 4.74 Å². The van der Waals surface area contributed by atoms with Crippen LogP contribution in [-0.4, -0.2) is 24.6 Å². The first-order valence-corrected chi connectivity index (χ1v) is 4.38. The number of halogens is 6. The highest BCUT2D eigenvalue weighted by Gasteiger charge is 2.58. The normalized spacial score (nSPS) is 15.8. The Morgan fingerprint density at radius 1 is 1.00 bits per heavy atom. The zero-order chi connectivity index (χ0) is 12.3. The summed E-state index contributed by atoms with van der Waals surface area (Å²) in [6, 6.07) is 0. The van der Waals surface area contributed by atoms with E-state index in [4.69, 9.17) is 0 Å². The summed E-state index contributed by atoms with van der Waals surface area (Å²) in [5.74, 6) is 0. The Bertz CT molecular complexity index is 171. The highest BCUT2D eigenvalue weighted by molar-refractivity contribution is 4.77. The Morgan fingerprint density at radius 3 is 1.67 bits per heavy atom. The summed E-state index contributed by atoms with van der Waals surface area (Å²) in [7, 11) is 0. The minimum absolute atomic E-state index is 0.155. The van der Waals surface area contributed by atoms with Crippen molar-refractivity contribution in [2.24, 2.45) is 0 Å². The molecule has 0 fully saturated rings. The lowest BCUT2D eigenvalue weighted by Crippen LogP contribution is -2.46. The van der Waals surface area contributed by atoms with E-state index in [1.165, 1.54) is 6.92 Å². The molecule has 0 aliphatic heterocycles. The van der Waals surface area contributed by atoms with E-state index in [-0.39, 0.29) is 6.42 Å². The van der Waals surface area contributed by atoms with Crippen LogP contribution in [0.4, 0.5) is 26.3 Å². The van der Waals surface area contributed by atoms with Crippen LogP contribution in [0.5, 0.6) is 0 Å². The number of hydrogen-bond donors (Lipinski definition) is 0. The van der Waals surface area contributed by atoms with E-state index in [1.807, 2.05) is 0 Å². The van der Waals surface area contributed by atoms with Gasteiger partial charge in [-0.15, -0.1) is 0 Å². The topological polar surface area (TPSA) is 9.23 Å². The number of hydrogen-bond acceptors (Lipinski definition) is 1. The van der Waals surface area contributed by atoms with Gasteiger partial charge in [0.25, 0.3) is 0 Å². The van der Waals surface area contributed by atoms with Crippen molar-refractivity contribution in [3.05, 3.63) is 0 Å². The second kappa shape index (κ2) is 5.05. The van der Waals surface area contributed by atoms with Gasteiger partial charge in [-0.3, -0.25) is 0 Å². The van der Waals surface area contributed by atoms with Crippen molar-refractivity contribution in [3.63, 3.8) is 0 Å². The quantitative estimate of drug-likeness (QED) is 0.679. The van der Waals surface area contributed by atoms with Crippen molar-refractivity contribution in [1.82, 2.24) is 0 Å². The summed E-state index contributed by atoms with van der Waals surface area (Å²) in [6.07, 6.45) is -15.0. The zero-order valence-corrected chi connectivity index (χ0v) is 8.24. The summed E-state index contributed by atoms with van der Waals surface area (Å²) < 4.78 is 75.8. The van der Waals surface area contributed by atoms with Crippen LogP contribution < -0.4 is 0 Å². The Kier molecular flexibility index (Phi) is 4.89. The minimum Gasteiger partial charge on any atom is -0.358 e. The third-order valence-corrected chi connectivity index (χ3v) is 1.66. The molecule has 0 saturated carbocycles. The molecule has 0 aromatic carbocycles. The van der Waals surface area contributed by atoms with E-state index in [1.54, 1.807) is 6.92 Å². The van der Waals surface area contributed by atoms with Crippen molar-refractivity contribution in [2.75, 3.05) is 0 Å². The average Bonchev–Trinajstić information content (AvgIpc) is 1.96. The Hall–Kier alpha value is -0.460. The van der Waals surface area contributed by atoms with E-state index >= 15 is 0 Å². The van der Waals surface area contributed by atoms with Gasteiger partial charge in [0.2, 0.25) is 6.10 Å². The molecule has 7 heteroatoms. The maximum atomic E-state index is 12.0. The van der Waals surface area contributed by atoms with Crippen molar-refractivity contribution >= 4 is 0 Å². The Labute approximate surface area is 83.4 Å². The first-order chi connectivity index (χ1) is 6.59. The fourth-order valence-electron chi connectivity index (χ4n) is 1.05.